The Balaban J connectivity index is -0.000000211. The van der Waals surface area contributed by atoms with Crippen LogP contribution in [-0.4, -0.2) is 70.9 Å². The minimum absolute atomic E-state index is 0. The molecule has 0 radical (unpaired) electrons. The summed E-state index contributed by atoms with van der Waals surface area (Å²) in [6, 6.07) is 8.65. The fourth-order valence-electron chi connectivity index (χ4n) is 4.73. The van der Waals surface area contributed by atoms with Crippen LogP contribution in [0.25, 0.3) is 0 Å². The van der Waals surface area contributed by atoms with E-state index in [9.17, 15) is 22.8 Å². The summed E-state index contributed by atoms with van der Waals surface area (Å²) in [6.45, 7) is 17.7. The zero-order chi connectivity index (χ0) is 36.2. The second-order valence-corrected chi connectivity index (χ2v) is 9.73. The average Bonchev–Trinajstić information content (AvgIpc) is 3.34. The van der Waals surface area contributed by atoms with Crippen LogP contribution in [0.5, 0.6) is 0 Å². The molecule has 11 heteroatoms. The molecule has 7 N–H and O–H groups in total. The molecular weight excluding hydrogens is 625 g/mol. The third kappa shape index (κ3) is 25.9. The van der Waals surface area contributed by atoms with Gasteiger partial charge in [-0.3, -0.25) is 14.0 Å². The number of primary amides is 1. The molecule has 0 aromatic heterocycles. The van der Waals surface area contributed by atoms with Crippen molar-refractivity contribution < 1.29 is 28.2 Å². The second kappa shape index (κ2) is 39.3. The average molecular weight is 691 g/mol. The largest absolute Gasteiger partial charge is 0.412 e. The number of amides is 2. The Labute approximate surface area is 289 Å². The number of rotatable bonds is 13. The molecule has 0 saturated carbocycles. The maximum absolute atomic E-state index is 11.9. The van der Waals surface area contributed by atoms with Gasteiger partial charge in [0.1, 0.15) is 0 Å². The Morgan fingerprint density at radius 3 is 2.06 bits per heavy atom. The van der Waals surface area contributed by atoms with Gasteiger partial charge in [-0.05, 0) is 76.7 Å². The highest BCUT2D eigenvalue weighted by Gasteiger charge is 2.47. The highest BCUT2D eigenvalue weighted by molar-refractivity contribution is 7.79. The molecule has 1 aromatic rings. The minimum Gasteiger partial charge on any atom is -0.412 e. The van der Waals surface area contributed by atoms with E-state index in [2.05, 4.69) is 98.1 Å². The fraction of sp³-hybridized carbons (Fsp3) is 0.556. The summed E-state index contributed by atoms with van der Waals surface area (Å²) in [5, 5.41) is 8.83. The lowest BCUT2D eigenvalue weighted by Crippen LogP contribution is -2.33. The molecule has 2 amide bonds. The highest BCUT2D eigenvalue weighted by atomic mass is 32.1. The van der Waals surface area contributed by atoms with Crippen LogP contribution in [0.3, 0.4) is 0 Å². The number of nitrogens with two attached hydrogens (primary N) is 1. The Morgan fingerprint density at radius 2 is 1.64 bits per heavy atom. The van der Waals surface area contributed by atoms with Gasteiger partial charge < -0.3 is 27.2 Å². The van der Waals surface area contributed by atoms with Crippen molar-refractivity contribution in [1.82, 2.24) is 16.0 Å². The van der Waals surface area contributed by atoms with Crippen LogP contribution in [0.4, 0.5) is 13.2 Å². The molecule has 7 nitrogen and oxygen atoms in total. The van der Waals surface area contributed by atoms with E-state index >= 15 is 0 Å². The standard InChI is InChI=1S/C21H28N2O.C4H9NO.C4H6.C3H9N.C2H4F2.CH3F.CH4S.H2O/c1-2-23-14-8-7-13-21(15-20(22)24)18-11-5-3-9-16(18)17-10-4-6-12-19(17)21;1-2-3-5-4-6;2*1-3-4-2;1-2(3)4;2*1-2;/h3-6,9,11-12,17,23H,2,7-8,10,13-15H2,1H3,(H2,22,24);4H,2-3H2,1H3,(H,5,6);3-4H,1-2H2;4H,3H2,1-2H3;2H,1H3;1H3;2H,1H3;1H2. The van der Waals surface area contributed by atoms with Gasteiger partial charge in [-0.25, -0.2) is 8.78 Å². The second-order valence-electron chi connectivity index (χ2n) is 9.73. The van der Waals surface area contributed by atoms with Gasteiger partial charge in [0.2, 0.25) is 18.7 Å². The van der Waals surface area contributed by atoms with Crippen molar-refractivity contribution in [3.63, 3.8) is 0 Å². The van der Waals surface area contributed by atoms with Gasteiger partial charge in [-0.1, -0.05) is 101 Å². The Morgan fingerprint density at radius 1 is 1.09 bits per heavy atom. The monoisotopic (exact) mass is 690 g/mol. The smallest absolute Gasteiger partial charge is 0.235 e. The summed E-state index contributed by atoms with van der Waals surface area (Å²) in [7, 11) is 2.43. The number of alkyl halides is 3. The molecular formula is C36H65F3N4O3S. The number of hydrogen-bond donors (Lipinski definition) is 5. The first kappa shape index (κ1) is 53.6. The van der Waals surface area contributed by atoms with Gasteiger partial charge in [0.05, 0.1) is 7.18 Å². The summed E-state index contributed by atoms with van der Waals surface area (Å²) in [5.74, 6) is 0.215. The topological polar surface area (TPSA) is 128 Å². The molecule has 0 spiro atoms. The van der Waals surface area contributed by atoms with Crippen LogP contribution >= 0.6 is 12.6 Å². The molecule has 1 aromatic carbocycles. The molecule has 2 atom stereocenters. The van der Waals surface area contributed by atoms with E-state index < -0.39 is 6.43 Å². The molecule has 3 rings (SSSR count). The summed E-state index contributed by atoms with van der Waals surface area (Å²) in [5.41, 5.74) is 9.60. The Hall–Kier alpha value is -2.86. The number of benzene rings is 1. The van der Waals surface area contributed by atoms with Crippen molar-refractivity contribution in [3.8, 4) is 0 Å². The molecule has 2 aliphatic carbocycles. The lowest BCUT2D eigenvalue weighted by Gasteiger charge is -2.33. The van der Waals surface area contributed by atoms with Crippen LogP contribution in [0.2, 0.25) is 0 Å². The zero-order valence-corrected chi connectivity index (χ0v) is 30.8. The highest BCUT2D eigenvalue weighted by Crippen LogP contribution is 2.56. The summed E-state index contributed by atoms with van der Waals surface area (Å²) >= 11 is 3.53. The summed E-state index contributed by atoms with van der Waals surface area (Å²) in [4.78, 5) is 21.4. The molecule has 0 bridgehead atoms. The van der Waals surface area contributed by atoms with Crippen LogP contribution in [0, 0.1) is 0 Å². The lowest BCUT2D eigenvalue weighted by molar-refractivity contribution is -0.119. The molecule has 47 heavy (non-hydrogen) atoms. The van der Waals surface area contributed by atoms with Crippen LogP contribution in [-0.2, 0) is 15.0 Å². The van der Waals surface area contributed by atoms with E-state index in [0.717, 1.165) is 65.2 Å². The van der Waals surface area contributed by atoms with Crippen LogP contribution < -0.4 is 21.7 Å². The van der Waals surface area contributed by atoms with Crippen molar-refractivity contribution in [2.45, 2.75) is 84.0 Å². The molecule has 0 heterocycles. The zero-order valence-electron chi connectivity index (χ0n) is 29.9. The van der Waals surface area contributed by atoms with Crippen molar-refractivity contribution in [2.75, 3.05) is 46.7 Å². The van der Waals surface area contributed by atoms with Gasteiger partial charge in [-0.15, -0.1) is 0 Å². The summed E-state index contributed by atoms with van der Waals surface area (Å²) < 4.78 is 30.2. The van der Waals surface area contributed by atoms with Gasteiger partial charge in [0.15, 0.2) is 0 Å². The number of nitrogens with one attached hydrogen (secondary N) is 3. The van der Waals surface area contributed by atoms with Crippen LogP contribution in [0.15, 0.2) is 73.4 Å². The Kier molecular flexibility index (Phi) is 44.9. The molecule has 0 fully saturated rings. The first-order chi connectivity index (χ1) is 22.2. The van der Waals surface area contributed by atoms with E-state index in [1.165, 1.54) is 16.7 Å². The minimum atomic E-state index is -2.17. The number of halogens is 3. The van der Waals surface area contributed by atoms with Crippen molar-refractivity contribution >= 4 is 24.9 Å². The number of allylic oxidation sites excluding steroid dienone is 6. The molecule has 0 aliphatic heterocycles. The van der Waals surface area contributed by atoms with Gasteiger partial charge in [0, 0.05) is 24.3 Å². The first-order valence-electron chi connectivity index (χ1n) is 15.8. The maximum Gasteiger partial charge on any atom is 0.235 e. The van der Waals surface area contributed by atoms with Crippen LogP contribution in [0.1, 0.15) is 83.3 Å². The van der Waals surface area contributed by atoms with E-state index in [1.54, 1.807) is 18.4 Å². The predicted molar refractivity (Wildman–Crippen MR) is 200 cm³/mol. The quantitative estimate of drug-likeness (QED) is 0.0670. The normalized spacial score (nSPS) is 15.5. The van der Waals surface area contributed by atoms with Gasteiger partial charge >= 0.3 is 0 Å². The first-order valence-corrected chi connectivity index (χ1v) is 16.7. The number of fused-ring (bicyclic) bond motifs is 3. The number of hydrogen-bond acceptors (Lipinski definition) is 5. The maximum atomic E-state index is 11.9. The number of thiol groups is 1. The third-order valence-corrected chi connectivity index (χ3v) is 6.49. The van der Waals surface area contributed by atoms with E-state index in [0.29, 0.717) is 25.9 Å². The molecule has 2 unspecified atom stereocenters. The van der Waals surface area contributed by atoms with Crippen molar-refractivity contribution in [2.24, 2.45) is 5.73 Å². The van der Waals surface area contributed by atoms with E-state index in [-0.39, 0.29) is 16.8 Å². The molecule has 0 saturated heterocycles. The lowest BCUT2D eigenvalue weighted by atomic mass is 9.69. The molecule has 274 valence electrons. The SMILES string of the molecule is C=CC=C.CC(F)F.CCCNC=O.CCNC.CCNCCCCC1(CC(N)=O)C2=CC=CCC2c2ccccc21.CF.CS.O. The summed E-state index contributed by atoms with van der Waals surface area (Å²) in [6.07, 6.45) is 15.8. The van der Waals surface area contributed by atoms with Gasteiger partial charge in [-0.2, -0.15) is 12.6 Å². The number of unbranched alkanes of at least 4 members (excludes halogenated alkanes) is 1. The van der Waals surface area contributed by atoms with Crippen molar-refractivity contribution in [1.29, 1.82) is 0 Å². The van der Waals surface area contributed by atoms with E-state index in [4.69, 9.17) is 5.73 Å². The fourth-order valence-corrected chi connectivity index (χ4v) is 4.73. The van der Waals surface area contributed by atoms with Crippen molar-refractivity contribution in [3.05, 3.63) is 84.5 Å². The Bertz CT molecular complexity index is 939. The van der Waals surface area contributed by atoms with Gasteiger partial charge in [0.25, 0.3) is 0 Å². The number of carbonyl (C=O) groups excluding carboxylic acids is 2. The third-order valence-electron chi connectivity index (χ3n) is 6.49. The van der Waals surface area contributed by atoms with E-state index in [1.807, 2.05) is 14.0 Å². The number of carbonyl (C=O) groups is 2. The molecule has 2 aliphatic rings. The predicted octanol–water partition coefficient (Wildman–Crippen LogP) is 6.87.